The molecule has 0 aromatic rings. The molecule has 1 atom stereocenters. The fourth-order valence-corrected chi connectivity index (χ4v) is 5.87. The van der Waals surface area contributed by atoms with Crippen LogP contribution >= 0.6 is 0 Å². The smallest absolute Gasteiger partial charge is 0.0850 e. The second-order valence-corrected chi connectivity index (χ2v) is 8.63. The first-order valence-electron chi connectivity index (χ1n) is 9.40. The van der Waals surface area contributed by atoms with Crippen LogP contribution in [0.15, 0.2) is 23.3 Å². The summed E-state index contributed by atoms with van der Waals surface area (Å²) in [6.07, 6.45) is 19.5. The van der Waals surface area contributed by atoms with Gasteiger partial charge in [-0.2, -0.15) is 0 Å². The van der Waals surface area contributed by atoms with Crippen LogP contribution in [0.2, 0.25) is 16.9 Å². The molecule has 1 heteroatoms. The average molecular weight is 284 g/mol. The molecule has 21 heavy (non-hydrogen) atoms. The van der Waals surface area contributed by atoms with E-state index in [1.165, 1.54) is 69.8 Å². The number of rotatable bonds is 3. The third kappa shape index (κ3) is 3.32. The summed E-state index contributed by atoms with van der Waals surface area (Å²) in [5, 5.41) is 0.607. The highest BCUT2D eigenvalue weighted by Gasteiger charge is 2.49. The van der Waals surface area contributed by atoms with E-state index in [9.17, 15) is 0 Å². The van der Waals surface area contributed by atoms with Gasteiger partial charge >= 0.3 is 0 Å². The molecule has 3 aliphatic rings. The number of hydrogen-bond donors (Lipinski definition) is 0. The van der Waals surface area contributed by atoms with E-state index in [0.717, 1.165) is 18.3 Å². The van der Waals surface area contributed by atoms with E-state index in [1.54, 1.807) is 5.57 Å². The van der Waals surface area contributed by atoms with Gasteiger partial charge in [0.2, 0.25) is 0 Å². The topological polar surface area (TPSA) is 0 Å². The van der Waals surface area contributed by atoms with Crippen LogP contribution in [0, 0.1) is 0 Å². The summed E-state index contributed by atoms with van der Waals surface area (Å²) < 4.78 is 0. The lowest BCUT2D eigenvalue weighted by molar-refractivity contribution is 0.397. The van der Waals surface area contributed by atoms with E-state index in [2.05, 4.69) is 32.9 Å². The molecular formula is C20H33B. The third-order valence-corrected chi connectivity index (χ3v) is 6.67. The molecule has 0 amide bonds. The van der Waals surface area contributed by atoms with Crippen molar-refractivity contribution >= 4 is 6.71 Å². The zero-order valence-electron chi connectivity index (χ0n) is 14.5. The first kappa shape index (κ1) is 15.4. The fraction of sp³-hybridized carbons (Fsp3) is 0.800. The minimum Gasteiger partial charge on any atom is -0.0850 e. The van der Waals surface area contributed by atoms with Crippen LogP contribution in [0.1, 0.15) is 85.0 Å². The molecule has 0 spiro atoms. The average Bonchev–Trinajstić information content (AvgIpc) is 2.44. The highest BCUT2D eigenvalue weighted by molar-refractivity contribution is 6.66. The zero-order valence-corrected chi connectivity index (χ0v) is 14.5. The Balaban J connectivity index is 1.74. The van der Waals surface area contributed by atoms with Gasteiger partial charge in [-0.05, 0) is 38.4 Å². The summed E-state index contributed by atoms with van der Waals surface area (Å²) in [4.78, 5) is 0. The normalized spacial score (nSPS) is 36.1. The Morgan fingerprint density at radius 1 is 1.19 bits per heavy atom. The Bertz CT molecular complexity index is 407. The number of fused-ring (bicyclic) bond motifs is 2. The molecule has 0 saturated carbocycles. The molecule has 0 aromatic heterocycles. The minimum atomic E-state index is 0.607. The lowest BCUT2D eigenvalue weighted by Crippen LogP contribution is -2.44. The van der Waals surface area contributed by atoms with Gasteiger partial charge in [0.25, 0.3) is 0 Å². The molecule has 1 aliphatic carbocycles. The Morgan fingerprint density at radius 3 is 2.38 bits per heavy atom. The van der Waals surface area contributed by atoms with Crippen molar-refractivity contribution in [2.75, 3.05) is 0 Å². The van der Waals surface area contributed by atoms with E-state index in [4.69, 9.17) is 0 Å². The van der Waals surface area contributed by atoms with E-state index in [0.29, 0.717) is 5.31 Å². The van der Waals surface area contributed by atoms with Crippen LogP contribution in [0.4, 0.5) is 0 Å². The summed E-state index contributed by atoms with van der Waals surface area (Å²) in [6, 6.07) is 0. The van der Waals surface area contributed by atoms with Crippen LogP contribution in [0.25, 0.3) is 0 Å². The predicted molar refractivity (Wildman–Crippen MR) is 95.3 cm³/mol. The molecule has 116 valence electrons. The summed E-state index contributed by atoms with van der Waals surface area (Å²) in [7, 11) is 0. The maximum absolute atomic E-state index is 2.64. The van der Waals surface area contributed by atoms with E-state index in [1.807, 2.05) is 0 Å². The molecule has 2 saturated heterocycles. The lowest BCUT2D eigenvalue weighted by atomic mass is 9.16. The van der Waals surface area contributed by atoms with E-state index >= 15 is 0 Å². The molecule has 0 aromatic carbocycles. The second kappa shape index (κ2) is 6.35. The van der Waals surface area contributed by atoms with E-state index < -0.39 is 0 Å². The van der Waals surface area contributed by atoms with Crippen LogP contribution in [0.3, 0.4) is 0 Å². The quantitative estimate of drug-likeness (QED) is 0.394. The van der Waals surface area contributed by atoms with Crippen molar-refractivity contribution in [2.45, 2.75) is 102 Å². The van der Waals surface area contributed by atoms with Crippen molar-refractivity contribution in [3.05, 3.63) is 23.3 Å². The molecule has 2 bridgehead atoms. The monoisotopic (exact) mass is 284 g/mol. The van der Waals surface area contributed by atoms with E-state index in [-0.39, 0.29) is 0 Å². The van der Waals surface area contributed by atoms with Crippen molar-refractivity contribution in [1.29, 1.82) is 0 Å². The SMILES string of the molecule is CC(C)=CCC1=CCCC(C)(B2C3CCCC2CCC3)C1. The highest BCUT2D eigenvalue weighted by Crippen LogP contribution is 2.59. The molecule has 2 aliphatic heterocycles. The zero-order chi connectivity index (χ0) is 14.9. The van der Waals surface area contributed by atoms with Gasteiger partial charge in [-0.1, -0.05) is 86.8 Å². The van der Waals surface area contributed by atoms with Crippen LogP contribution in [0.5, 0.6) is 0 Å². The van der Waals surface area contributed by atoms with Gasteiger partial charge < -0.3 is 0 Å². The van der Waals surface area contributed by atoms with Gasteiger partial charge in [-0.25, -0.2) is 0 Å². The molecule has 2 fully saturated rings. The summed E-state index contributed by atoms with van der Waals surface area (Å²) >= 11 is 0. The number of hydrogen-bond acceptors (Lipinski definition) is 0. The third-order valence-electron chi connectivity index (χ3n) is 6.67. The Kier molecular flexibility index (Phi) is 4.67. The maximum Gasteiger partial charge on any atom is 0.153 e. The van der Waals surface area contributed by atoms with Crippen molar-refractivity contribution in [3.63, 3.8) is 0 Å². The second-order valence-electron chi connectivity index (χ2n) is 8.63. The Labute approximate surface area is 132 Å². The first-order valence-corrected chi connectivity index (χ1v) is 9.40. The van der Waals surface area contributed by atoms with Crippen LogP contribution < -0.4 is 0 Å². The standard InChI is InChI=1S/C20H33B/c1-16(2)12-13-17-7-6-14-20(3,15-17)21-18-8-4-9-19(21)11-5-10-18/h7,12,18-19H,4-6,8-11,13-15H2,1-3H3. The van der Waals surface area contributed by atoms with Crippen molar-refractivity contribution < 1.29 is 0 Å². The van der Waals surface area contributed by atoms with Gasteiger partial charge in [0.05, 0.1) is 0 Å². The largest absolute Gasteiger partial charge is 0.153 e. The number of allylic oxidation sites excluding steroid dienone is 4. The lowest BCUT2D eigenvalue weighted by Gasteiger charge is -2.51. The maximum atomic E-state index is 2.64. The molecule has 3 rings (SSSR count). The molecule has 0 nitrogen and oxygen atoms in total. The Morgan fingerprint density at radius 2 is 1.81 bits per heavy atom. The molecule has 1 unspecified atom stereocenters. The molecular weight excluding hydrogens is 251 g/mol. The minimum absolute atomic E-state index is 0.607. The summed E-state index contributed by atoms with van der Waals surface area (Å²) in [6.45, 7) is 8.14. The van der Waals surface area contributed by atoms with Crippen molar-refractivity contribution in [1.82, 2.24) is 0 Å². The van der Waals surface area contributed by atoms with Gasteiger partial charge in [0, 0.05) is 0 Å². The van der Waals surface area contributed by atoms with Gasteiger partial charge in [0.15, 0.2) is 6.71 Å². The fourth-order valence-electron chi connectivity index (χ4n) is 5.87. The summed E-state index contributed by atoms with van der Waals surface area (Å²) in [5.74, 6) is 2.12. The van der Waals surface area contributed by atoms with Crippen molar-refractivity contribution in [3.8, 4) is 0 Å². The molecule has 2 heterocycles. The molecule has 0 N–H and O–H groups in total. The van der Waals surface area contributed by atoms with Gasteiger partial charge in [0.1, 0.15) is 0 Å². The van der Waals surface area contributed by atoms with Gasteiger partial charge in [-0.15, -0.1) is 0 Å². The van der Waals surface area contributed by atoms with Gasteiger partial charge in [-0.3, -0.25) is 0 Å². The summed E-state index contributed by atoms with van der Waals surface area (Å²) in [5.41, 5.74) is 3.20. The van der Waals surface area contributed by atoms with Crippen molar-refractivity contribution in [2.24, 2.45) is 0 Å². The Hall–Kier alpha value is -0.455. The highest BCUT2D eigenvalue weighted by atomic mass is 14.4. The predicted octanol–water partition coefficient (Wildman–Crippen LogP) is 6.82. The first-order chi connectivity index (χ1) is 10.1. The molecule has 0 radical (unpaired) electrons. The van der Waals surface area contributed by atoms with Crippen LogP contribution in [-0.2, 0) is 0 Å². The van der Waals surface area contributed by atoms with Crippen LogP contribution in [-0.4, -0.2) is 6.71 Å².